The Bertz CT molecular complexity index is 1250. The van der Waals surface area contributed by atoms with Crippen molar-refractivity contribution in [2.75, 3.05) is 5.43 Å². The van der Waals surface area contributed by atoms with Gasteiger partial charge in [0.15, 0.2) is 0 Å². The molecule has 0 atom stereocenters. The second-order valence-corrected chi connectivity index (χ2v) is 6.93. The maximum absolute atomic E-state index is 12.5. The molecule has 1 amide bonds. The van der Waals surface area contributed by atoms with Crippen molar-refractivity contribution in [2.24, 2.45) is 0 Å². The van der Waals surface area contributed by atoms with Crippen molar-refractivity contribution in [1.29, 1.82) is 0 Å². The number of amides is 1. The van der Waals surface area contributed by atoms with Crippen molar-refractivity contribution in [3.05, 3.63) is 69.3 Å². The molecule has 0 bridgehead atoms. The highest BCUT2D eigenvalue weighted by molar-refractivity contribution is 7.16. The van der Waals surface area contributed by atoms with Crippen molar-refractivity contribution in [3.8, 4) is 0 Å². The van der Waals surface area contributed by atoms with Gasteiger partial charge in [0.2, 0.25) is 0 Å². The van der Waals surface area contributed by atoms with E-state index in [4.69, 9.17) is 4.42 Å². The fraction of sp³-hybridized carbons (Fsp3) is 0.150. The highest BCUT2D eigenvalue weighted by atomic mass is 32.1. The smallest absolute Gasteiger partial charge is 0.281 e. The van der Waals surface area contributed by atoms with E-state index in [1.54, 1.807) is 24.4 Å². The molecule has 3 heterocycles. The van der Waals surface area contributed by atoms with Crippen molar-refractivity contribution in [1.82, 2.24) is 9.66 Å². The quantitative estimate of drug-likeness (QED) is 0.546. The number of benzene rings is 1. The lowest BCUT2D eigenvalue weighted by molar-refractivity contribution is -0.112. The van der Waals surface area contributed by atoms with Crippen LogP contribution in [0.4, 0.5) is 0 Å². The van der Waals surface area contributed by atoms with Gasteiger partial charge in [-0.25, -0.2) is 9.66 Å². The largest absolute Gasteiger partial charge is 0.460 e. The number of hydrogen-bond acceptors (Lipinski definition) is 5. The third kappa shape index (κ3) is 3.06. The molecule has 4 rings (SSSR count). The number of nitrogens with one attached hydrogen (secondary N) is 1. The third-order valence-corrected chi connectivity index (χ3v) is 5.13. The van der Waals surface area contributed by atoms with Crippen LogP contribution < -0.4 is 11.0 Å². The van der Waals surface area contributed by atoms with Crippen LogP contribution in [0.1, 0.15) is 24.1 Å². The molecular formula is C20H17N3O3S. The lowest BCUT2D eigenvalue weighted by atomic mass is 10.1. The maximum Gasteiger partial charge on any atom is 0.281 e. The van der Waals surface area contributed by atoms with Crippen LogP contribution in [0.15, 0.2) is 51.0 Å². The van der Waals surface area contributed by atoms with E-state index < -0.39 is 5.91 Å². The number of rotatable bonds is 4. The van der Waals surface area contributed by atoms with Gasteiger partial charge in [-0.1, -0.05) is 25.1 Å². The van der Waals surface area contributed by atoms with E-state index in [2.05, 4.69) is 10.4 Å². The van der Waals surface area contributed by atoms with E-state index in [0.29, 0.717) is 22.5 Å². The monoisotopic (exact) mass is 379 g/mol. The lowest BCUT2D eigenvalue weighted by Gasteiger charge is -2.09. The number of carbonyl (C=O) groups is 1. The number of fused-ring (bicyclic) bond motifs is 2. The van der Waals surface area contributed by atoms with Gasteiger partial charge in [0.25, 0.3) is 11.5 Å². The summed E-state index contributed by atoms with van der Waals surface area (Å²) in [6.45, 7) is 3.68. The third-order valence-electron chi connectivity index (χ3n) is 4.32. The molecule has 0 saturated heterocycles. The van der Waals surface area contributed by atoms with Gasteiger partial charge in [-0.3, -0.25) is 15.0 Å². The Balaban J connectivity index is 1.65. The van der Waals surface area contributed by atoms with E-state index in [1.807, 2.05) is 31.2 Å². The van der Waals surface area contributed by atoms with Crippen LogP contribution in [0.25, 0.3) is 27.3 Å². The minimum atomic E-state index is -0.413. The molecule has 0 unspecified atom stereocenters. The van der Waals surface area contributed by atoms with Crippen LogP contribution in [0.3, 0.4) is 0 Å². The summed E-state index contributed by atoms with van der Waals surface area (Å²) in [7, 11) is 0. The van der Waals surface area contributed by atoms with E-state index in [1.165, 1.54) is 22.1 Å². The standard InChI is InChI=1S/C20H17N3O3S/c1-3-16-14(13-6-4-5-7-17(13)26-16)8-9-18(24)22-23-12(2)21-19-15(20(23)25)10-11-27-19/h4-11H,3H2,1-2H3,(H,22,24)/b9-8+. The molecule has 1 aromatic carbocycles. The Hall–Kier alpha value is -3.19. The molecule has 0 saturated carbocycles. The average Bonchev–Trinajstić information content (AvgIpc) is 3.27. The van der Waals surface area contributed by atoms with Gasteiger partial charge in [0.1, 0.15) is 22.0 Å². The zero-order chi connectivity index (χ0) is 19.0. The van der Waals surface area contributed by atoms with E-state index in [9.17, 15) is 9.59 Å². The summed E-state index contributed by atoms with van der Waals surface area (Å²) < 4.78 is 7.01. The van der Waals surface area contributed by atoms with Crippen LogP contribution in [0, 0.1) is 6.92 Å². The molecule has 136 valence electrons. The predicted octanol–water partition coefficient (Wildman–Crippen LogP) is 3.86. The van der Waals surface area contributed by atoms with Gasteiger partial charge in [0, 0.05) is 23.4 Å². The Morgan fingerprint density at radius 2 is 2.11 bits per heavy atom. The molecule has 0 aliphatic heterocycles. The molecule has 27 heavy (non-hydrogen) atoms. The zero-order valence-corrected chi connectivity index (χ0v) is 15.7. The number of hydrogen-bond donors (Lipinski definition) is 1. The summed E-state index contributed by atoms with van der Waals surface area (Å²) in [6.07, 6.45) is 3.84. The van der Waals surface area contributed by atoms with Crippen LogP contribution in [-0.4, -0.2) is 15.6 Å². The summed E-state index contributed by atoms with van der Waals surface area (Å²) in [5, 5.41) is 3.25. The minimum absolute atomic E-state index is 0.288. The summed E-state index contributed by atoms with van der Waals surface area (Å²) in [6, 6.07) is 9.40. The number of nitrogens with zero attached hydrogens (tertiary/aromatic N) is 2. The second kappa shape index (κ2) is 6.85. The molecule has 0 fully saturated rings. The zero-order valence-electron chi connectivity index (χ0n) is 14.9. The van der Waals surface area contributed by atoms with Crippen LogP contribution in [0.2, 0.25) is 0 Å². The Labute approximate surface area is 158 Å². The number of furan rings is 1. The summed E-state index contributed by atoms with van der Waals surface area (Å²) in [4.78, 5) is 30.0. The van der Waals surface area contributed by atoms with Crippen LogP contribution in [0.5, 0.6) is 0 Å². The molecule has 0 spiro atoms. The lowest BCUT2D eigenvalue weighted by Crippen LogP contribution is -2.34. The van der Waals surface area contributed by atoms with Crippen molar-refractivity contribution >= 4 is 44.5 Å². The first-order chi connectivity index (χ1) is 13.1. The van der Waals surface area contributed by atoms with E-state index in [-0.39, 0.29) is 5.56 Å². The molecule has 1 N–H and O–H groups in total. The molecule has 3 aromatic heterocycles. The number of aromatic nitrogens is 2. The maximum atomic E-state index is 12.5. The summed E-state index contributed by atoms with van der Waals surface area (Å²) in [5.41, 5.74) is 3.97. The molecule has 4 aromatic rings. The average molecular weight is 379 g/mol. The van der Waals surface area contributed by atoms with Gasteiger partial charge in [-0.2, -0.15) is 0 Å². The second-order valence-electron chi connectivity index (χ2n) is 6.04. The SMILES string of the molecule is CCc1oc2ccccc2c1/C=C/C(=O)Nn1c(C)nc2sccc2c1=O. The number of thiophene rings is 1. The van der Waals surface area contributed by atoms with Gasteiger partial charge in [-0.15, -0.1) is 11.3 Å². The first-order valence-corrected chi connectivity index (χ1v) is 9.42. The molecule has 6 nitrogen and oxygen atoms in total. The van der Waals surface area contributed by atoms with Gasteiger partial charge >= 0.3 is 0 Å². The normalized spacial score (nSPS) is 11.6. The fourth-order valence-electron chi connectivity index (χ4n) is 3.01. The summed E-state index contributed by atoms with van der Waals surface area (Å²) in [5.74, 6) is 0.832. The Morgan fingerprint density at radius 1 is 1.30 bits per heavy atom. The fourth-order valence-corrected chi connectivity index (χ4v) is 3.81. The van der Waals surface area contributed by atoms with Crippen molar-refractivity contribution < 1.29 is 9.21 Å². The molecule has 0 aliphatic rings. The summed E-state index contributed by atoms with van der Waals surface area (Å²) >= 11 is 1.40. The molecule has 7 heteroatoms. The van der Waals surface area contributed by atoms with Gasteiger partial charge in [0.05, 0.1) is 5.39 Å². The van der Waals surface area contributed by atoms with Gasteiger partial charge in [-0.05, 0) is 30.5 Å². The number of aryl methyl sites for hydroxylation is 2. The minimum Gasteiger partial charge on any atom is -0.460 e. The number of carbonyl (C=O) groups excluding carboxylic acids is 1. The highest BCUT2D eigenvalue weighted by Gasteiger charge is 2.12. The van der Waals surface area contributed by atoms with Crippen molar-refractivity contribution in [3.63, 3.8) is 0 Å². The first kappa shape index (κ1) is 17.2. The van der Waals surface area contributed by atoms with Crippen molar-refractivity contribution in [2.45, 2.75) is 20.3 Å². The van der Waals surface area contributed by atoms with E-state index >= 15 is 0 Å². The highest BCUT2D eigenvalue weighted by Crippen LogP contribution is 2.27. The first-order valence-electron chi connectivity index (χ1n) is 8.55. The molecule has 0 aliphatic carbocycles. The predicted molar refractivity (Wildman–Crippen MR) is 108 cm³/mol. The van der Waals surface area contributed by atoms with E-state index in [0.717, 1.165) is 22.3 Å². The molecule has 0 radical (unpaired) electrons. The Kier molecular flexibility index (Phi) is 4.37. The van der Waals surface area contributed by atoms with Gasteiger partial charge < -0.3 is 4.42 Å². The number of para-hydroxylation sites is 1. The van der Waals surface area contributed by atoms with Crippen LogP contribution >= 0.6 is 11.3 Å². The molecular weight excluding hydrogens is 362 g/mol. The Morgan fingerprint density at radius 3 is 2.93 bits per heavy atom. The topological polar surface area (TPSA) is 77.1 Å². The van der Waals surface area contributed by atoms with Crippen LogP contribution in [-0.2, 0) is 11.2 Å².